The van der Waals surface area contributed by atoms with Gasteiger partial charge in [-0.15, -0.1) is 12.4 Å². The molecule has 2 aromatic rings. The molecule has 0 amide bonds. The molecule has 2 aromatic carbocycles. The zero-order valence-corrected chi connectivity index (χ0v) is 15.5. The standard InChI is InChI=1S/C19H24ClNO2.ClH/c1-2-22-13-7-12-21-14-16-8-4-6-11-19(16)23-15-17-9-3-5-10-18(17)20;/h3-6,8-11,21H,2,7,12-15H2,1H3;1H. The summed E-state index contributed by atoms with van der Waals surface area (Å²) in [7, 11) is 0. The molecule has 0 atom stereocenters. The van der Waals surface area contributed by atoms with Crippen LogP contribution in [0.1, 0.15) is 24.5 Å². The minimum absolute atomic E-state index is 0. The number of benzene rings is 2. The van der Waals surface area contributed by atoms with Crippen molar-refractivity contribution >= 4 is 24.0 Å². The fraction of sp³-hybridized carbons (Fsp3) is 0.368. The van der Waals surface area contributed by atoms with Gasteiger partial charge in [0.05, 0.1) is 0 Å². The molecule has 2 rings (SSSR count). The molecule has 1 N–H and O–H groups in total. The van der Waals surface area contributed by atoms with E-state index in [2.05, 4.69) is 11.4 Å². The fourth-order valence-corrected chi connectivity index (χ4v) is 2.42. The molecule has 0 saturated heterocycles. The molecule has 0 radical (unpaired) electrons. The predicted molar refractivity (Wildman–Crippen MR) is 102 cm³/mol. The molecule has 0 saturated carbocycles. The van der Waals surface area contributed by atoms with E-state index in [9.17, 15) is 0 Å². The first-order chi connectivity index (χ1) is 11.3. The summed E-state index contributed by atoms with van der Waals surface area (Å²) >= 11 is 6.17. The molecule has 132 valence electrons. The van der Waals surface area contributed by atoms with E-state index in [0.29, 0.717) is 6.61 Å². The van der Waals surface area contributed by atoms with Crippen molar-refractivity contribution in [2.45, 2.75) is 26.5 Å². The molecule has 0 aliphatic heterocycles. The Morgan fingerprint density at radius 2 is 1.71 bits per heavy atom. The van der Waals surface area contributed by atoms with Gasteiger partial charge in [-0.2, -0.15) is 0 Å². The van der Waals surface area contributed by atoms with Gasteiger partial charge in [-0.05, 0) is 32.0 Å². The minimum Gasteiger partial charge on any atom is -0.489 e. The highest BCUT2D eigenvalue weighted by molar-refractivity contribution is 6.31. The highest BCUT2D eigenvalue weighted by atomic mass is 35.5. The van der Waals surface area contributed by atoms with E-state index in [1.54, 1.807) is 0 Å². The van der Waals surface area contributed by atoms with E-state index >= 15 is 0 Å². The van der Waals surface area contributed by atoms with E-state index < -0.39 is 0 Å². The van der Waals surface area contributed by atoms with Gasteiger partial charge in [0, 0.05) is 35.9 Å². The maximum absolute atomic E-state index is 6.17. The van der Waals surface area contributed by atoms with Gasteiger partial charge in [0.25, 0.3) is 0 Å². The molecule has 3 nitrogen and oxygen atoms in total. The van der Waals surface area contributed by atoms with Gasteiger partial charge < -0.3 is 14.8 Å². The first-order valence-electron chi connectivity index (χ1n) is 8.04. The summed E-state index contributed by atoms with van der Waals surface area (Å²) in [6.45, 7) is 5.78. The lowest BCUT2D eigenvalue weighted by atomic mass is 10.2. The normalized spacial score (nSPS) is 10.2. The second kappa shape index (κ2) is 12.2. The second-order valence-electron chi connectivity index (χ2n) is 5.22. The Balaban J connectivity index is 0.00000288. The van der Waals surface area contributed by atoms with Crippen molar-refractivity contribution in [1.29, 1.82) is 0 Å². The maximum atomic E-state index is 6.17. The second-order valence-corrected chi connectivity index (χ2v) is 5.62. The Morgan fingerprint density at radius 1 is 1.00 bits per heavy atom. The molecule has 0 fully saturated rings. The molecule has 0 heterocycles. The van der Waals surface area contributed by atoms with Crippen LogP contribution in [0.5, 0.6) is 5.75 Å². The molecule has 0 spiro atoms. The number of nitrogens with one attached hydrogen (secondary N) is 1. The number of ether oxygens (including phenoxy) is 2. The van der Waals surface area contributed by atoms with Gasteiger partial charge in [0.15, 0.2) is 0 Å². The van der Waals surface area contributed by atoms with E-state index in [4.69, 9.17) is 21.1 Å². The third-order valence-corrected chi connectivity index (χ3v) is 3.84. The van der Waals surface area contributed by atoms with Crippen molar-refractivity contribution in [2.75, 3.05) is 19.8 Å². The quantitative estimate of drug-likeness (QED) is 0.606. The first kappa shape index (κ1) is 20.8. The molecule has 0 unspecified atom stereocenters. The summed E-state index contributed by atoms with van der Waals surface area (Å²) in [6.07, 6.45) is 1.01. The van der Waals surface area contributed by atoms with E-state index in [-0.39, 0.29) is 12.4 Å². The Bertz CT molecular complexity index is 593. The van der Waals surface area contributed by atoms with Crippen LogP contribution in [-0.4, -0.2) is 19.8 Å². The number of hydrogen-bond acceptors (Lipinski definition) is 3. The largest absolute Gasteiger partial charge is 0.489 e. The average molecular weight is 370 g/mol. The molecule has 0 aromatic heterocycles. The van der Waals surface area contributed by atoms with Crippen LogP contribution < -0.4 is 10.1 Å². The number of rotatable bonds is 10. The maximum Gasteiger partial charge on any atom is 0.124 e. The van der Waals surface area contributed by atoms with Crippen LogP contribution in [0, 0.1) is 0 Å². The number of halogens is 2. The third kappa shape index (κ3) is 7.10. The van der Waals surface area contributed by atoms with Gasteiger partial charge >= 0.3 is 0 Å². The van der Waals surface area contributed by atoms with Crippen molar-refractivity contribution in [2.24, 2.45) is 0 Å². The van der Waals surface area contributed by atoms with E-state index in [1.165, 1.54) is 0 Å². The van der Waals surface area contributed by atoms with Crippen molar-refractivity contribution in [3.63, 3.8) is 0 Å². The Morgan fingerprint density at radius 3 is 2.46 bits per heavy atom. The highest BCUT2D eigenvalue weighted by Crippen LogP contribution is 2.21. The lowest BCUT2D eigenvalue weighted by molar-refractivity contribution is 0.144. The molecule has 0 aliphatic rings. The van der Waals surface area contributed by atoms with Gasteiger partial charge in [-0.3, -0.25) is 0 Å². The fourth-order valence-electron chi connectivity index (χ4n) is 2.23. The summed E-state index contributed by atoms with van der Waals surface area (Å²) in [4.78, 5) is 0. The van der Waals surface area contributed by atoms with Crippen LogP contribution >= 0.6 is 24.0 Å². The van der Waals surface area contributed by atoms with Crippen LogP contribution in [0.4, 0.5) is 0 Å². The Hall–Kier alpha value is -1.26. The van der Waals surface area contributed by atoms with Gasteiger partial charge in [0.2, 0.25) is 0 Å². The minimum atomic E-state index is 0. The van der Waals surface area contributed by atoms with Gasteiger partial charge in [0.1, 0.15) is 12.4 Å². The Kier molecular flexibility index (Phi) is 10.5. The van der Waals surface area contributed by atoms with Crippen LogP contribution in [0.25, 0.3) is 0 Å². The van der Waals surface area contributed by atoms with Crippen LogP contribution in [0.2, 0.25) is 5.02 Å². The van der Waals surface area contributed by atoms with E-state index in [1.807, 2.05) is 49.4 Å². The summed E-state index contributed by atoms with van der Waals surface area (Å²) in [5, 5.41) is 4.16. The molecule has 0 bridgehead atoms. The predicted octanol–water partition coefficient (Wildman–Crippen LogP) is 4.86. The molecule has 24 heavy (non-hydrogen) atoms. The first-order valence-corrected chi connectivity index (χ1v) is 8.41. The highest BCUT2D eigenvalue weighted by Gasteiger charge is 2.05. The van der Waals surface area contributed by atoms with Crippen molar-refractivity contribution in [3.05, 3.63) is 64.7 Å². The summed E-state index contributed by atoms with van der Waals surface area (Å²) in [5.41, 5.74) is 2.14. The molecule has 5 heteroatoms. The van der Waals surface area contributed by atoms with Crippen LogP contribution in [-0.2, 0) is 17.9 Å². The van der Waals surface area contributed by atoms with Crippen molar-refractivity contribution in [3.8, 4) is 5.75 Å². The van der Waals surface area contributed by atoms with Gasteiger partial charge in [-0.25, -0.2) is 0 Å². The van der Waals surface area contributed by atoms with Crippen LogP contribution in [0.3, 0.4) is 0 Å². The zero-order valence-electron chi connectivity index (χ0n) is 14.0. The number of para-hydroxylation sites is 1. The smallest absolute Gasteiger partial charge is 0.124 e. The topological polar surface area (TPSA) is 30.5 Å². The van der Waals surface area contributed by atoms with Crippen LogP contribution in [0.15, 0.2) is 48.5 Å². The molecule has 0 aliphatic carbocycles. The molecular formula is C19H25Cl2NO2. The van der Waals surface area contributed by atoms with E-state index in [0.717, 1.165) is 54.6 Å². The van der Waals surface area contributed by atoms with Crippen molar-refractivity contribution in [1.82, 2.24) is 5.32 Å². The summed E-state index contributed by atoms with van der Waals surface area (Å²) in [6, 6.07) is 15.8. The van der Waals surface area contributed by atoms with Crippen molar-refractivity contribution < 1.29 is 9.47 Å². The summed E-state index contributed by atoms with van der Waals surface area (Å²) < 4.78 is 11.3. The number of hydrogen-bond donors (Lipinski definition) is 1. The average Bonchev–Trinajstić information content (AvgIpc) is 2.58. The third-order valence-electron chi connectivity index (χ3n) is 3.48. The van der Waals surface area contributed by atoms with Gasteiger partial charge in [-0.1, -0.05) is 48.0 Å². The monoisotopic (exact) mass is 369 g/mol. The lowest BCUT2D eigenvalue weighted by Crippen LogP contribution is -2.17. The zero-order chi connectivity index (χ0) is 16.3. The molecular weight excluding hydrogens is 345 g/mol. The summed E-state index contributed by atoms with van der Waals surface area (Å²) in [5.74, 6) is 0.893. The lowest BCUT2D eigenvalue weighted by Gasteiger charge is -2.13. The SMILES string of the molecule is CCOCCCNCc1ccccc1OCc1ccccc1Cl.Cl. The Labute approximate surface area is 155 Å².